The Bertz CT molecular complexity index is 870. The quantitative estimate of drug-likeness (QED) is 0.592. The average molecular weight is 431 g/mol. The van der Waals surface area contributed by atoms with Crippen molar-refractivity contribution in [1.82, 2.24) is 14.9 Å². The summed E-state index contributed by atoms with van der Waals surface area (Å²) in [5, 5.41) is 12.1. The van der Waals surface area contributed by atoms with Gasteiger partial charge in [-0.3, -0.25) is 4.79 Å². The zero-order valence-corrected chi connectivity index (χ0v) is 15.9. The van der Waals surface area contributed by atoms with Gasteiger partial charge in [-0.15, -0.1) is 0 Å². The molecule has 2 heterocycles. The Hall–Kier alpha value is -2.99. The zero-order valence-electron chi connectivity index (χ0n) is 14.3. The molecule has 1 aromatic heterocycles. The van der Waals surface area contributed by atoms with E-state index in [1.54, 1.807) is 29.4 Å². The Morgan fingerprint density at radius 1 is 1.19 bits per heavy atom. The maximum absolute atomic E-state index is 13.0. The van der Waals surface area contributed by atoms with Crippen LogP contribution in [-0.2, 0) is 4.79 Å². The van der Waals surface area contributed by atoms with Crippen molar-refractivity contribution in [3.63, 3.8) is 0 Å². The summed E-state index contributed by atoms with van der Waals surface area (Å²) >= 11 is 3.24. The predicted octanol–water partition coefficient (Wildman–Crippen LogP) is 2.55. The highest BCUT2D eigenvalue weighted by Crippen LogP contribution is 2.17. The lowest BCUT2D eigenvalue weighted by molar-refractivity contribution is -0.127. The summed E-state index contributed by atoms with van der Waals surface area (Å²) in [5.41, 5.74) is 0.894. The number of nitriles is 1. The van der Waals surface area contributed by atoms with Gasteiger partial charge >= 0.3 is 0 Å². The smallest absolute Gasteiger partial charge is 0.266 e. The molecule has 1 aliphatic rings. The Kier molecular flexibility index (Phi) is 5.98. The summed E-state index contributed by atoms with van der Waals surface area (Å²) in [4.78, 5) is 24.3. The van der Waals surface area contributed by atoms with Crippen LogP contribution in [0.1, 0.15) is 0 Å². The first-order chi connectivity index (χ1) is 13.1. The number of benzene rings is 1. The van der Waals surface area contributed by atoms with Crippen molar-refractivity contribution in [3.8, 4) is 6.07 Å². The molecule has 1 N–H and O–H groups in total. The van der Waals surface area contributed by atoms with E-state index in [1.165, 1.54) is 18.3 Å². The van der Waals surface area contributed by atoms with Crippen molar-refractivity contribution in [2.75, 3.05) is 36.4 Å². The average Bonchev–Trinajstić information content (AvgIpc) is 2.70. The van der Waals surface area contributed by atoms with Crippen LogP contribution in [0, 0.1) is 17.1 Å². The first-order valence-electron chi connectivity index (χ1n) is 8.21. The van der Waals surface area contributed by atoms with E-state index in [9.17, 15) is 14.4 Å². The van der Waals surface area contributed by atoms with Gasteiger partial charge in [-0.25, -0.2) is 14.4 Å². The number of hydrogen-bond donors (Lipinski definition) is 1. The SMILES string of the molecule is N#C/C(=C/Nc1ncc(Br)cn1)C(=O)N1CCN(c2ccc(F)cc2)CC1. The third kappa shape index (κ3) is 4.80. The van der Waals surface area contributed by atoms with Gasteiger partial charge in [-0.2, -0.15) is 5.26 Å². The van der Waals surface area contributed by atoms with E-state index in [-0.39, 0.29) is 17.3 Å². The van der Waals surface area contributed by atoms with Gasteiger partial charge in [0.2, 0.25) is 5.95 Å². The summed E-state index contributed by atoms with van der Waals surface area (Å²) in [6, 6.07) is 8.18. The van der Waals surface area contributed by atoms with Gasteiger partial charge in [0.15, 0.2) is 0 Å². The molecule has 1 aromatic carbocycles. The van der Waals surface area contributed by atoms with Crippen LogP contribution in [0.5, 0.6) is 0 Å². The summed E-state index contributed by atoms with van der Waals surface area (Å²) in [6.45, 7) is 2.17. The highest BCUT2D eigenvalue weighted by molar-refractivity contribution is 9.10. The second-order valence-electron chi connectivity index (χ2n) is 5.79. The molecule has 27 heavy (non-hydrogen) atoms. The molecule has 1 saturated heterocycles. The molecular formula is C18H16BrFN6O. The molecule has 0 bridgehead atoms. The monoisotopic (exact) mass is 430 g/mol. The summed E-state index contributed by atoms with van der Waals surface area (Å²) in [5.74, 6) is -0.334. The van der Waals surface area contributed by atoms with Crippen LogP contribution >= 0.6 is 15.9 Å². The van der Waals surface area contributed by atoms with E-state index < -0.39 is 0 Å². The van der Waals surface area contributed by atoms with Crippen molar-refractivity contribution in [3.05, 3.63) is 58.7 Å². The maximum atomic E-state index is 13.0. The van der Waals surface area contributed by atoms with Gasteiger partial charge in [-0.1, -0.05) is 0 Å². The van der Waals surface area contributed by atoms with E-state index in [1.807, 2.05) is 6.07 Å². The molecular weight excluding hydrogens is 415 g/mol. The number of nitrogens with zero attached hydrogens (tertiary/aromatic N) is 5. The molecule has 1 aliphatic heterocycles. The van der Waals surface area contributed by atoms with E-state index in [0.29, 0.717) is 32.1 Å². The Morgan fingerprint density at radius 2 is 1.81 bits per heavy atom. The molecule has 0 radical (unpaired) electrons. The number of hydrogen-bond acceptors (Lipinski definition) is 6. The lowest BCUT2D eigenvalue weighted by Crippen LogP contribution is -2.49. The van der Waals surface area contributed by atoms with Crippen LogP contribution in [-0.4, -0.2) is 47.0 Å². The molecule has 1 amide bonds. The second-order valence-corrected chi connectivity index (χ2v) is 6.71. The van der Waals surface area contributed by atoms with E-state index in [0.717, 1.165) is 10.2 Å². The fraction of sp³-hybridized carbons (Fsp3) is 0.222. The van der Waals surface area contributed by atoms with Gasteiger partial charge in [0.1, 0.15) is 17.5 Å². The fourth-order valence-corrected chi connectivity index (χ4v) is 2.86. The zero-order chi connectivity index (χ0) is 19.2. The van der Waals surface area contributed by atoms with Gasteiger partial charge < -0.3 is 15.1 Å². The first-order valence-corrected chi connectivity index (χ1v) is 9.00. The van der Waals surface area contributed by atoms with Gasteiger partial charge in [0.25, 0.3) is 5.91 Å². The molecule has 138 valence electrons. The largest absolute Gasteiger partial charge is 0.368 e. The van der Waals surface area contributed by atoms with Crippen molar-refractivity contribution >= 4 is 33.5 Å². The number of carbonyl (C=O) groups excluding carboxylic acids is 1. The highest BCUT2D eigenvalue weighted by Gasteiger charge is 2.24. The molecule has 7 nitrogen and oxygen atoms in total. The summed E-state index contributed by atoms with van der Waals surface area (Å²) < 4.78 is 13.8. The van der Waals surface area contributed by atoms with Gasteiger partial charge in [0.05, 0.1) is 4.47 Å². The Labute approximate surface area is 164 Å². The van der Waals surface area contributed by atoms with E-state index in [2.05, 4.69) is 36.1 Å². The highest BCUT2D eigenvalue weighted by atomic mass is 79.9. The fourth-order valence-electron chi connectivity index (χ4n) is 2.66. The van der Waals surface area contributed by atoms with Crippen LogP contribution in [0.3, 0.4) is 0 Å². The topological polar surface area (TPSA) is 85.1 Å². The van der Waals surface area contributed by atoms with Crippen molar-refractivity contribution in [2.45, 2.75) is 0 Å². The minimum atomic E-state index is -0.346. The number of nitrogens with one attached hydrogen (secondary N) is 1. The number of piperazine rings is 1. The molecule has 0 atom stereocenters. The molecule has 0 aliphatic carbocycles. The number of rotatable bonds is 4. The molecule has 1 fully saturated rings. The lowest BCUT2D eigenvalue weighted by atomic mass is 10.2. The number of anilines is 2. The molecule has 0 saturated carbocycles. The minimum Gasteiger partial charge on any atom is -0.368 e. The number of halogens is 2. The first kappa shape index (κ1) is 18.8. The van der Waals surface area contributed by atoms with Gasteiger partial charge in [-0.05, 0) is 40.2 Å². The van der Waals surface area contributed by atoms with E-state index in [4.69, 9.17) is 0 Å². The summed E-state index contributed by atoms with van der Waals surface area (Å²) in [6.07, 6.45) is 4.44. The Morgan fingerprint density at radius 3 is 2.41 bits per heavy atom. The number of amides is 1. The van der Waals surface area contributed by atoms with Crippen molar-refractivity contribution < 1.29 is 9.18 Å². The van der Waals surface area contributed by atoms with Crippen LogP contribution in [0.4, 0.5) is 16.0 Å². The van der Waals surface area contributed by atoms with E-state index >= 15 is 0 Å². The van der Waals surface area contributed by atoms with Gasteiger partial charge in [0, 0.05) is 50.5 Å². The number of carbonyl (C=O) groups is 1. The molecule has 2 aromatic rings. The van der Waals surface area contributed by atoms with Crippen LogP contribution in [0.25, 0.3) is 0 Å². The third-order valence-electron chi connectivity index (χ3n) is 4.08. The van der Waals surface area contributed by atoms with Crippen LogP contribution in [0.2, 0.25) is 0 Å². The lowest BCUT2D eigenvalue weighted by Gasteiger charge is -2.36. The normalized spacial score (nSPS) is 14.6. The standard InChI is InChI=1S/C18H16BrFN6O/c19-14-11-23-18(24-12-14)22-10-13(9-21)17(27)26-7-5-25(6-8-26)16-3-1-15(20)2-4-16/h1-4,10-12H,5-8H2,(H,22,23,24)/b13-10-. The molecule has 9 heteroatoms. The third-order valence-corrected chi connectivity index (χ3v) is 4.48. The predicted molar refractivity (Wildman–Crippen MR) is 102 cm³/mol. The molecule has 0 spiro atoms. The maximum Gasteiger partial charge on any atom is 0.266 e. The second kappa shape index (κ2) is 8.60. The van der Waals surface area contributed by atoms with Crippen LogP contribution in [0.15, 0.2) is 52.9 Å². The van der Waals surface area contributed by atoms with Crippen molar-refractivity contribution in [1.29, 1.82) is 5.26 Å². The Balaban J connectivity index is 1.59. The number of aromatic nitrogens is 2. The minimum absolute atomic E-state index is 0.0169. The van der Waals surface area contributed by atoms with Crippen molar-refractivity contribution in [2.24, 2.45) is 0 Å². The van der Waals surface area contributed by atoms with Crippen LogP contribution < -0.4 is 10.2 Å². The molecule has 3 rings (SSSR count). The molecule has 0 unspecified atom stereocenters. The summed E-state index contributed by atoms with van der Waals surface area (Å²) in [7, 11) is 0.